The van der Waals surface area contributed by atoms with Crippen molar-refractivity contribution >= 4 is 5.78 Å². The number of rotatable bonds is 3. The molecule has 0 unspecified atom stereocenters. The van der Waals surface area contributed by atoms with E-state index in [0.717, 1.165) is 6.07 Å². The number of carbonyl (C=O) groups excluding carboxylic acids is 1. The van der Waals surface area contributed by atoms with Crippen molar-refractivity contribution in [3.05, 3.63) is 28.8 Å². The molecule has 0 bridgehead atoms. The van der Waals surface area contributed by atoms with E-state index in [4.69, 9.17) is 10.00 Å². The molecular formula is C12H10F3NO2. The molecule has 0 saturated heterocycles. The van der Waals surface area contributed by atoms with E-state index in [9.17, 15) is 18.0 Å². The molecule has 0 fully saturated rings. The van der Waals surface area contributed by atoms with E-state index >= 15 is 0 Å². The fourth-order valence-corrected chi connectivity index (χ4v) is 1.46. The zero-order valence-electron chi connectivity index (χ0n) is 9.76. The maximum atomic E-state index is 12.7. The highest BCUT2D eigenvalue weighted by molar-refractivity contribution is 5.97. The van der Waals surface area contributed by atoms with Crippen LogP contribution in [0.25, 0.3) is 0 Å². The minimum atomic E-state index is -4.63. The second-order valence-corrected chi connectivity index (χ2v) is 3.49. The van der Waals surface area contributed by atoms with Gasteiger partial charge >= 0.3 is 6.18 Å². The Morgan fingerprint density at radius 1 is 1.44 bits per heavy atom. The highest BCUT2D eigenvalue weighted by Crippen LogP contribution is 2.38. The fraction of sp³-hybridized carbons (Fsp3) is 0.333. The van der Waals surface area contributed by atoms with Gasteiger partial charge < -0.3 is 4.74 Å². The second kappa shape index (κ2) is 5.08. The third kappa shape index (κ3) is 2.80. The van der Waals surface area contributed by atoms with Crippen molar-refractivity contribution in [2.24, 2.45) is 0 Å². The van der Waals surface area contributed by atoms with Gasteiger partial charge in [-0.1, -0.05) is 0 Å². The Kier molecular flexibility index (Phi) is 3.96. The van der Waals surface area contributed by atoms with Crippen LogP contribution in [-0.4, -0.2) is 12.4 Å². The van der Waals surface area contributed by atoms with Crippen LogP contribution in [-0.2, 0) is 6.18 Å². The van der Waals surface area contributed by atoms with Crippen LogP contribution in [0.2, 0.25) is 0 Å². The van der Waals surface area contributed by atoms with E-state index < -0.39 is 23.3 Å². The fourth-order valence-electron chi connectivity index (χ4n) is 1.46. The topological polar surface area (TPSA) is 50.1 Å². The normalized spacial score (nSPS) is 10.9. The van der Waals surface area contributed by atoms with Gasteiger partial charge in [-0.25, -0.2) is 0 Å². The molecule has 1 aromatic rings. The van der Waals surface area contributed by atoms with Crippen molar-refractivity contribution in [1.29, 1.82) is 5.26 Å². The van der Waals surface area contributed by atoms with Crippen LogP contribution in [0.1, 0.15) is 35.3 Å². The van der Waals surface area contributed by atoms with Crippen LogP contribution in [0, 0.1) is 11.3 Å². The highest BCUT2D eigenvalue weighted by Gasteiger charge is 2.35. The molecule has 1 aromatic carbocycles. The van der Waals surface area contributed by atoms with Crippen molar-refractivity contribution in [1.82, 2.24) is 0 Å². The van der Waals surface area contributed by atoms with E-state index in [-0.39, 0.29) is 17.7 Å². The number of benzene rings is 1. The summed E-state index contributed by atoms with van der Waals surface area (Å²) in [7, 11) is 0. The summed E-state index contributed by atoms with van der Waals surface area (Å²) in [6, 6.07) is 3.19. The first-order valence-corrected chi connectivity index (χ1v) is 5.10. The van der Waals surface area contributed by atoms with Gasteiger partial charge in [0.05, 0.1) is 23.8 Å². The van der Waals surface area contributed by atoms with Crippen molar-refractivity contribution in [2.75, 3.05) is 6.61 Å². The third-order valence-electron chi connectivity index (χ3n) is 2.22. The number of hydrogen-bond donors (Lipinski definition) is 0. The first kappa shape index (κ1) is 14.0. The predicted molar refractivity (Wildman–Crippen MR) is 57.3 cm³/mol. The van der Waals surface area contributed by atoms with Gasteiger partial charge in [0.1, 0.15) is 5.75 Å². The number of nitrogens with zero attached hydrogens (tertiary/aromatic N) is 1. The van der Waals surface area contributed by atoms with E-state index in [0.29, 0.717) is 6.07 Å². The maximum absolute atomic E-state index is 12.7. The number of alkyl halides is 3. The quantitative estimate of drug-likeness (QED) is 0.781. The van der Waals surface area contributed by atoms with Gasteiger partial charge in [0, 0.05) is 5.56 Å². The molecule has 96 valence electrons. The van der Waals surface area contributed by atoms with Crippen LogP contribution < -0.4 is 4.74 Å². The smallest absolute Gasteiger partial charge is 0.420 e. The third-order valence-corrected chi connectivity index (χ3v) is 2.22. The molecule has 0 aliphatic rings. The average Bonchev–Trinajstić information content (AvgIpc) is 2.27. The van der Waals surface area contributed by atoms with Gasteiger partial charge in [0.25, 0.3) is 0 Å². The molecule has 0 saturated carbocycles. The lowest BCUT2D eigenvalue weighted by molar-refractivity contribution is -0.138. The molecule has 3 nitrogen and oxygen atoms in total. The van der Waals surface area contributed by atoms with Gasteiger partial charge in [-0.2, -0.15) is 18.4 Å². The molecule has 0 aromatic heterocycles. The molecule has 0 atom stereocenters. The Morgan fingerprint density at radius 2 is 2.06 bits per heavy atom. The summed E-state index contributed by atoms with van der Waals surface area (Å²) in [5.41, 5.74) is -1.43. The Morgan fingerprint density at radius 3 is 2.44 bits per heavy atom. The summed E-state index contributed by atoms with van der Waals surface area (Å²) in [5.74, 6) is -0.921. The predicted octanol–water partition coefficient (Wildman–Crippen LogP) is 3.18. The molecule has 0 aliphatic heterocycles. The SMILES string of the molecule is CCOc1cc(C(C)=O)c(C#N)cc1C(F)(F)F. The molecule has 18 heavy (non-hydrogen) atoms. The molecular weight excluding hydrogens is 247 g/mol. The zero-order valence-corrected chi connectivity index (χ0v) is 9.76. The van der Waals surface area contributed by atoms with Crippen LogP contribution in [0.3, 0.4) is 0 Å². The summed E-state index contributed by atoms with van der Waals surface area (Å²) >= 11 is 0. The largest absolute Gasteiger partial charge is 0.493 e. The molecule has 0 amide bonds. The molecule has 0 heterocycles. The number of hydrogen-bond acceptors (Lipinski definition) is 3. The number of ether oxygens (including phenoxy) is 1. The number of halogens is 3. The van der Waals surface area contributed by atoms with E-state index in [1.54, 1.807) is 6.07 Å². The number of ketones is 1. The maximum Gasteiger partial charge on any atom is 0.420 e. The number of Topliss-reactive ketones (excluding diaryl/α,β-unsaturated/α-hetero) is 1. The van der Waals surface area contributed by atoms with Crippen LogP contribution in [0.5, 0.6) is 5.75 Å². The lowest BCUT2D eigenvalue weighted by atomic mass is 10.0. The van der Waals surface area contributed by atoms with Crippen molar-refractivity contribution in [3.63, 3.8) is 0 Å². The summed E-state index contributed by atoms with van der Waals surface area (Å²) in [6.45, 7) is 2.75. The van der Waals surface area contributed by atoms with Crippen molar-refractivity contribution in [2.45, 2.75) is 20.0 Å². The second-order valence-electron chi connectivity index (χ2n) is 3.49. The molecule has 0 spiro atoms. The molecule has 1 rings (SSSR count). The van der Waals surface area contributed by atoms with Gasteiger partial charge in [0.2, 0.25) is 0 Å². The monoisotopic (exact) mass is 257 g/mol. The summed E-state index contributed by atoms with van der Waals surface area (Å²) in [4.78, 5) is 11.3. The lowest BCUT2D eigenvalue weighted by Gasteiger charge is -2.14. The lowest BCUT2D eigenvalue weighted by Crippen LogP contribution is -2.11. The van der Waals surface area contributed by atoms with Crippen molar-refractivity contribution < 1.29 is 22.7 Å². The van der Waals surface area contributed by atoms with Crippen LogP contribution >= 0.6 is 0 Å². The highest BCUT2D eigenvalue weighted by atomic mass is 19.4. The van der Waals surface area contributed by atoms with Gasteiger partial charge in [-0.3, -0.25) is 4.79 Å². The zero-order chi connectivity index (χ0) is 13.9. The van der Waals surface area contributed by atoms with Crippen LogP contribution in [0.4, 0.5) is 13.2 Å². The van der Waals surface area contributed by atoms with E-state index in [1.807, 2.05) is 0 Å². The Balaban J connectivity index is 3.53. The first-order chi connectivity index (χ1) is 8.31. The average molecular weight is 257 g/mol. The Hall–Kier alpha value is -2.03. The van der Waals surface area contributed by atoms with Crippen molar-refractivity contribution in [3.8, 4) is 11.8 Å². The first-order valence-electron chi connectivity index (χ1n) is 5.10. The molecule has 6 heteroatoms. The molecule has 0 N–H and O–H groups in total. The van der Waals surface area contributed by atoms with E-state index in [2.05, 4.69) is 0 Å². The minimum absolute atomic E-state index is 0.0341. The minimum Gasteiger partial charge on any atom is -0.493 e. The Bertz CT molecular complexity index is 515. The number of carbonyl (C=O) groups is 1. The van der Waals surface area contributed by atoms with Gasteiger partial charge in [0.15, 0.2) is 5.78 Å². The summed E-state index contributed by atoms with van der Waals surface area (Å²) in [5, 5.41) is 8.77. The molecule has 0 aliphatic carbocycles. The molecule has 0 radical (unpaired) electrons. The summed E-state index contributed by atoms with van der Waals surface area (Å²) < 4.78 is 43.1. The van der Waals surface area contributed by atoms with Gasteiger partial charge in [-0.15, -0.1) is 0 Å². The Labute approximate surface area is 102 Å². The van der Waals surface area contributed by atoms with Crippen LogP contribution in [0.15, 0.2) is 12.1 Å². The number of nitriles is 1. The van der Waals surface area contributed by atoms with Gasteiger partial charge in [-0.05, 0) is 26.0 Å². The standard InChI is InChI=1S/C12H10F3NO2/c1-3-18-11-5-9(7(2)17)8(6-16)4-10(11)12(13,14)15/h4-5H,3H2,1-2H3. The summed E-state index contributed by atoms with van der Waals surface area (Å²) in [6.07, 6.45) is -4.63. The van der Waals surface area contributed by atoms with E-state index in [1.165, 1.54) is 13.8 Å².